The van der Waals surface area contributed by atoms with Gasteiger partial charge in [-0.05, 0) is 86.8 Å². The third-order valence-electron chi connectivity index (χ3n) is 7.65. The number of benzene rings is 2. The topological polar surface area (TPSA) is 90.7 Å². The second-order valence-corrected chi connectivity index (χ2v) is 12.0. The van der Waals surface area contributed by atoms with Gasteiger partial charge in [-0.15, -0.1) is 0 Å². The Labute approximate surface area is 255 Å². The van der Waals surface area contributed by atoms with Gasteiger partial charge >= 0.3 is 0 Å². The molecule has 0 aliphatic carbocycles. The Kier molecular flexibility index (Phi) is 10.2. The van der Waals surface area contributed by atoms with Gasteiger partial charge in [0, 0.05) is 58.9 Å². The average Bonchev–Trinajstić information content (AvgIpc) is 3.40. The van der Waals surface area contributed by atoms with Crippen molar-refractivity contribution in [3.63, 3.8) is 0 Å². The fourth-order valence-electron chi connectivity index (χ4n) is 5.46. The summed E-state index contributed by atoms with van der Waals surface area (Å²) in [6.07, 6.45) is 5.04. The van der Waals surface area contributed by atoms with Crippen molar-refractivity contribution in [1.82, 2.24) is 25.6 Å². The minimum atomic E-state index is -0.362. The minimum absolute atomic E-state index is 0.0519. The number of hydrogen-bond donors (Lipinski definition) is 2. The lowest BCUT2D eigenvalue weighted by molar-refractivity contribution is -0.133. The number of hydrogen-bond acceptors (Lipinski definition) is 6. The van der Waals surface area contributed by atoms with Crippen LogP contribution in [0.1, 0.15) is 48.2 Å². The summed E-state index contributed by atoms with van der Waals surface area (Å²) in [5.74, 6) is 0.206. The molecule has 3 heterocycles. The molecule has 5 rings (SSSR count). The third-order valence-corrected chi connectivity index (χ3v) is 8.34. The van der Waals surface area contributed by atoms with Gasteiger partial charge in [-0.1, -0.05) is 46.4 Å². The first-order valence-electron chi connectivity index (χ1n) is 14.1. The Morgan fingerprint density at radius 2 is 1.71 bits per heavy atom. The quantitative estimate of drug-likeness (QED) is 0.321. The molecule has 2 fully saturated rings. The van der Waals surface area contributed by atoms with E-state index in [0.717, 1.165) is 30.8 Å². The van der Waals surface area contributed by atoms with Crippen LogP contribution in [0.25, 0.3) is 11.3 Å². The van der Waals surface area contributed by atoms with E-state index >= 15 is 0 Å². The van der Waals surface area contributed by atoms with E-state index in [1.54, 1.807) is 24.3 Å². The first-order chi connectivity index (χ1) is 19.8. The van der Waals surface area contributed by atoms with Crippen LogP contribution in [-0.4, -0.2) is 71.6 Å². The SMILES string of the molecule is O=C(NC[C@@H]1CCN(Cc2cc(Cl)cc(Cl)c2)C(=O)[C@H](CCN2CCCCC2)N1)c1cc(-c2ccc(Cl)cc2)on1. The molecule has 0 bridgehead atoms. The maximum Gasteiger partial charge on any atom is 0.273 e. The molecule has 2 atom stereocenters. The van der Waals surface area contributed by atoms with E-state index < -0.39 is 0 Å². The summed E-state index contributed by atoms with van der Waals surface area (Å²) in [4.78, 5) is 30.9. The third kappa shape index (κ3) is 8.23. The van der Waals surface area contributed by atoms with E-state index in [1.165, 1.54) is 19.3 Å². The molecule has 41 heavy (non-hydrogen) atoms. The Balaban J connectivity index is 1.24. The van der Waals surface area contributed by atoms with Crippen molar-refractivity contribution in [1.29, 1.82) is 0 Å². The molecule has 8 nitrogen and oxygen atoms in total. The van der Waals surface area contributed by atoms with Crippen LogP contribution >= 0.6 is 34.8 Å². The van der Waals surface area contributed by atoms with Crippen LogP contribution in [0.2, 0.25) is 15.1 Å². The maximum atomic E-state index is 13.7. The highest BCUT2D eigenvalue weighted by Gasteiger charge is 2.31. The van der Waals surface area contributed by atoms with Crippen LogP contribution < -0.4 is 10.6 Å². The van der Waals surface area contributed by atoms with Crippen LogP contribution in [0.15, 0.2) is 53.1 Å². The van der Waals surface area contributed by atoms with Crippen LogP contribution in [0.5, 0.6) is 0 Å². The van der Waals surface area contributed by atoms with Crippen LogP contribution in [0.3, 0.4) is 0 Å². The lowest BCUT2D eigenvalue weighted by atomic mass is 10.1. The van der Waals surface area contributed by atoms with Crippen molar-refractivity contribution >= 4 is 46.6 Å². The van der Waals surface area contributed by atoms with Crippen molar-refractivity contribution < 1.29 is 14.1 Å². The second kappa shape index (κ2) is 14.0. The highest BCUT2D eigenvalue weighted by atomic mass is 35.5. The smallest absolute Gasteiger partial charge is 0.273 e. The molecule has 2 aliphatic heterocycles. The highest BCUT2D eigenvalue weighted by Crippen LogP contribution is 2.24. The highest BCUT2D eigenvalue weighted by molar-refractivity contribution is 6.34. The van der Waals surface area contributed by atoms with Crippen LogP contribution in [0, 0.1) is 0 Å². The first-order valence-corrected chi connectivity index (χ1v) is 15.2. The first kappa shape index (κ1) is 29.9. The number of nitrogens with zero attached hydrogens (tertiary/aromatic N) is 3. The van der Waals surface area contributed by atoms with Gasteiger partial charge in [0.2, 0.25) is 5.91 Å². The molecular weight excluding hydrogens is 585 g/mol. The Hall–Kier alpha value is -2.62. The van der Waals surface area contributed by atoms with Gasteiger partial charge in [0.1, 0.15) is 0 Å². The fraction of sp³-hybridized carbons (Fsp3) is 0.433. The number of amides is 2. The van der Waals surface area contributed by atoms with E-state index in [4.69, 9.17) is 39.3 Å². The number of carbonyl (C=O) groups excluding carboxylic acids is 2. The molecule has 1 aromatic heterocycles. The number of nitrogens with one attached hydrogen (secondary N) is 2. The summed E-state index contributed by atoms with van der Waals surface area (Å²) >= 11 is 18.4. The van der Waals surface area contributed by atoms with E-state index in [-0.39, 0.29) is 29.6 Å². The fourth-order valence-corrected chi connectivity index (χ4v) is 6.16. The molecule has 0 saturated carbocycles. The largest absolute Gasteiger partial charge is 0.355 e. The Morgan fingerprint density at radius 3 is 2.44 bits per heavy atom. The molecule has 0 unspecified atom stereocenters. The van der Waals surface area contributed by atoms with Gasteiger partial charge < -0.3 is 25.0 Å². The molecule has 0 radical (unpaired) electrons. The van der Waals surface area contributed by atoms with Gasteiger partial charge in [0.05, 0.1) is 6.04 Å². The average molecular weight is 619 g/mol. The lowest BCUT2D eigenvalue weighted by Gasteiger charge is -2.30. The lowest BCUT2D eigenvalue weighted by Crippen LogP contribution is -2.50. The van der Waals surface area contributed by atoms with Gasteiger partial charge in [-0.3, -0.25) is 9.59 Å². The summed E-state index contributed by atoms with van der Waals surface area (Å²) in [7, 11) is 0. The predicted octanol–water partition coefficient (Wildman–Crippen LogP) is 5.67. The normalized spacial score (nSPS) is 20.2. The molecule has 2 aliphatic rings. The summed E-state index contributed by atoms with van der Waals surface area (Å²) < 4.78 is 5.39. The summed E-state index contributed by atoms with van der Waals surface area (Å²) in [6.45, 7) is 4.31. The monoisotopic (exact) mass is 617 g/mol. The maximum absolute atomic E-state index is 13.7. The van der Waals surface area contributed by atoms with Crippen LogP contribution in [-0.2, 0) is 11.3 Å². The van der Waals surface area contributed by atoms with Crippen molar-refractivity contribution in [3.05, 3.63) is 74.9 Å². The Bertz CT molecular complexity index is 1320. The molecule has 218 valence electrons. The molecule has 2 N–H and O–H groups in total. The zero-order chi connectivity index (χ0) is 28.8. The predicted molar refractivity (Wildman–Crippen MR) is 161 cm³/mol. The number of likely N-dealkylation sites (tertiary alicyclic amines) is 1. The van der Waals surface area contributed by atoms with Gasteiger partial charge in [0.25, 0.3) is 5.91 Å². The van der Waals surface area contributed by atoms with Crippen LogP contribution in [0.4, 0.5) is 0 Å². The molecule has 2 saturated heterocycles. The van der Waals surface area contributed by atoms with Gasteiger partial charge in [-0.25, -0.2) is 0 Å². The number of aromatic nitrogens is 1. The van der Waals surface area contributed by atoms with Crippen molar-refractivity contribution in [3.8, 4) is 11.3 Å². The van der Waals surface area contributed by atoms with E-state index in [0.29, 0.717) is 53.3 Å². The van der Waals surface area contributed by atoms with Gasteiger partial charge in [-0.2, -0.15) is 0 Å². The second-order valence-electron chi connectivity index (χ2n) is 10.7. The summed E-state index contributed by atoms with van der Waals surface area (Å²) in [5, 5.41) is 12.2. The Morgan fingerprint density at radius 1 is 0.976 bits per heavy atom. The number of piperidine rings is 1. The molecule has 11 heteroatoms. The molecule has 2 aromatic carbocycles. The van der Waals surface area contributed by atoms with E-state index in [2.05, 4.69) is 20.7 Å². The summed E-state index contributed by atoms with van der Waals surface area (Å²) in [5.41, 5.74) is 1.86. The van der Waals surface area contributed by atoms with Gasteiger partial charge in [0.15, 0.2) is 11.5 Å². The van der Waals surface area contributed by atoms with Crippen molar-refractivity contribution in [2.24, 2.45) is 0 Å². The van der Waals surface area contributed by atoms with Crippen molar-refractivity contribution in [2.45, 2.75) is 50.7 Å². The van der Waals surface area contributed by atoms with E-state index in [1.807, 2.05) is 29.2 Å². The standard InChI is InChI=1S/C30H34Cl3N5O3/c31-22-6-4-21(5-7-22)28-17-27(36-41-28)29(39)34-18-25-8-13-38(19-20-14-23(32)16-24(33)15-20)30(40)26(35-25)9-12-37-10-2-1-3-11-37/h4-7,14-17,25-26,35H,1-3,8-13,18-19H2,(H,34,39)/t25-,26-/m0/s1. The zero-order valence-electron chi connectivity index (χ0n) is 22.8. The molecule has 2 amide bonds. The number of rotatable bonds is 9. The van der Waals surface area contributed by atoms with Crippen molar-refractivity contribution in [2.75, 3.05) is 32.7 Å². The summed E-state index contributed by atoms with van der Waals surface area (Å²) in [6, 6.07) is 13.7. The number of halogens is 3. The zero-order valence-corrected chi connectivity index (χ0v) is 25.0. The molecular formula is C30H34Cl3N5O3. The molecule has 3 aromatic rings. The van der Waals surface area contributed by atoms with E-state index in [9.17, 15) is 9.59 Å². The number of carbonyl (C=O) groups is 2. The minimum Gasteiger partial charge on any atom is -0.355 e. The molecule has 0 spiro atoms.